The van der Waals surface area contributed by atoms with E-state index in [2.05, 4.69) is 0 Å². The maximum Gasteiger partial charge on any atom is 0.311 e. The number of esters is 1. The molecular weight excluding hydrogens is 676 g/mol. The molecule has 14 nitrogen and oxygen atoms in total. The Hall–Kier alpha value is -1.01. The van der Waals surface area contributed by atoms with Gasteiger partial charge in [0, 0.05) is 38.1 Å². The summed E-state index contributed by atoms with van der Waals surface area (Å²) >= 11 is 0. The van der Waals surface area contributed by atoms with Crippen molar-refractivity contribution >= 4 is 5.97 Å². The zero-order valence-corrected chi connectivity index (χ0v) is 34.0. The maximum absolute atomic E-state index is 14.5. The highest BCUT2D eigenvalue weighted by molar-refractivity contribution is 5.73. The number of methoxy groups -OCH3 is 1. The molecular formula is C38H72N2O12. The lowest BCUT2D eigenvalue weighted by Gasteiger charge is -2.48. The number of carbonyl (C=O) groups excluding carboxylic acids is 1. The van der Waals surface area contributed by atoms with Crippen molar-refractivity contribution in [1.29, 1.82) is 7.16 Å². The fourth-order valence-corrected chi connectivity index (χ4v) is 8.64. The number of hydrogen-bond donors (Lipinski definition) is 5. The molecule has 0 aromatic heterocycles. The fraction of sp³-hybridized carbons (Fsp3) is 0.974. The van der Waals surface area contributed by atoms with E-state index in [1.54, 1.807) is 41.5 Å². The van der Waals surface area contributed by atoms with Gasteiger partial charge < -0.3 is 63.8 Å². The molecule has 3 rings (SSSR count). The van der Waals surface area contributed by atoms with Crippen LogP contribution in [0.2, 0.25) is 0 Å². The summed E-state index contributed by atoms with van der Waals surface area (Å²) in [4.78, 5) is 18.5. The number of aliphatic hydroxyl groups is 5. The van der Waals surface area contributed by atoms with Gasteiger partial charge in [-0.15, -0.1) is 0 Å². The number of ether oxygens (including phenoxy) is 6. The number of rotatable bonds is 12. The van der Waals surface area contributed by atoms with Crippen LogP contribution in [0, 0.1) is 17.8 Å². The van der Waals surface area contributed by atoms with Crippen molar-refractivity contribution in [2.75, 3.05) is 34.8 Å². The van der Waals surface area contributed by atoms with Crippen molar-refractivity contribution in [3.05, 3.63) is 0 Å². The van der Waals surface area contributed by atoms with Gasteiger partial charge in [0.15, 0.2) is 12.6 Å². The first-order chi connectivity index (χ1) is 26.6. The van der Waals surface area contributed by atoms with Gasteiger partial charge in [0.1, 0.15) is 30.0 Å². The number of likely N-dealkylation sites (N-methyl/N-ethyl adjacent to an activating group) is 2. The number of aliphatic hydroxyl groups excluding tert-OH is 3. The summed E-state index contributed by atoms with van der Waals surface area (Å²) in [6, 6.07) is -0.734. The molecule has 306 valence electrons. The number of nitrogens with zero attached hydrogens (tertiary/aromatic N) is 2. The van der Waals surface area contributed by atoms with Crippen LogP contribution < -0.4 is 0 Å². The number of hydrogen-bond acceptors (Lipinski definition) is 14. The van der Waals surface area contributed by atoms with E-state index in [0.29, 0.717) is 13.0 Å². The molecule has 3 saturated heterocycles. The molecule has 0 spiro atoms. The molecule has 3 fully saturated rings. The SMILES string of the molecule is [2H]O[C@H]1[C@H](O[C@@H]2[C@@H](C)[C@H](O[C@H]3C[C@@](C)(OC)[C@@H](O[2H])[C@H](C)O3)[C@@H](C)C(=O)O[C@H](CC)[C@@](C)(O[2H])[C@H](O[2H])[C@@H](C)N(C)C[C@H](C)C[C@@]2(C)O[2H])O[C@H](C)C[C@@H]1N(C)C. The molecule has 0 aromatic rings. The van der Waals surface area contributed by atoms with E-state index in [4.69, 9.17) is 61.1 Å². The van der Waals surface area contributed by atoms with Crippen LogP contribution in [0.3, 0.4) is 0 Å². The van der Waals surface area contributed by atoms with Gasteiger partial charge in [0.25, 0.3) is 0 Å². The number of cyclic esters (lactones) is 1. The molecule has 0 radical (unpaired) electrons. The van der Waals surface area contributed by atoms with E-state index >= 15 is 0 Å². The summed E-state index contributed by atoms with van der Waals surface area (Å²) in [5.74, 6) is -2.64. The van der Waals surface area contributed by atoms with Crippen LogP contribution in [-0.4, -0.2) is 174 Å². The molecule has 0 bridgehead atoms. The molecule has 3 heterocycles. The second kappa shape index (κ2) is 17.8. The van der Waals surface area contributed by atoms with Gasteiger partial charge in [0.2, 0.25) is 7.16 Å². The first-order valence-electron chi connectivity index (χ1n) is 21.1. The Bertz CT molecular complexity index is 1250. The summed E-state index contributed by atoms with van der Waals surface area (Å²) in [6.45, 7) is 18.5. The Morgan fingerprint density at radius 2 is 1.67 bits per heavy atom. The quantitative estimate of drug-likeness (QED) is 0.183. The summed E-state index contributed by atoms with van der Waals surface area (Å²) in [5, 5.41) is 26.7. The first kappa shape index (κ1) is 37.9. The molecule has 14 heteroatoms. The average Bonchev–Trinajstić information content (AvgIpc) is 3.16. The Morgan fingerprint density at radius 3 is 2.23 bits per heavy atom. The van der Waals surface area contributed by atoms with Gasteiger partial charge in [-0.2, -0.15) is 0 Å². The zero-order valence-electron chi connectivity index (χ0n) is 39.0. The average molecular weight is 754 g/mol. The summed E-state index contributed by atoms with van der Waals surface area (Å²) in [5.41, 5.74) is -3.94. The van der Waals surface area contributed by atoms with Crippen LogP contribution in [0.25, 0.3) is 0 Å². The van der Waals surface area contributed by atoms with Gasteiger partial charge in [-0.25, -0.2) is 0 Å². The highest BCUT2D eigenvalue weighted by Gasteiger charge is 2.52. The standard InChI is InChI=1S/C38H72N2O12/c1-15-27-38(10,46)31(42)24(6)40(13)19-20(2)17-36(8,45)33(52-35-29(41)26(39(11)12)16-21(3)48-35)22(4)30(23(5)34(44)50-27)51-28-18-37(9,47-14)32(43)25(7)49-28/h20-33,35,41-43,45-46H,15-19H2,1-14H3/t20-,21-,22+,23-,24-,25+,26+,27-,28+,29-,30+,31-,32+,33-,35+,36-,37-,38-/m1/s1/i41D,42D,43D,45D,46D. The van der Waals surface area contributed by atoms with Crippen molar-refractivity contribution in [3.8, 4) is 0 Å². The maximum atomic E-state index is 14.5. The van der Waals surface area contributed by atoms with Crippen LogP contribution in [0.1, 0.15) is 94.9 Å². The Labute approximate surface area is 319 Å². The Morgan fingerprint density at radius 1 is 0.981 bits per heavy atom. The smallest absolute Gasteiger partial charge is 0.311 e. The third kappa shape index (κ3) is 10.0. The normalized spacial score (nSPS) is 50.9. The van der Waals surface area contributed by atoms with Crippen molar-refractivity contribution in [2.45, 2.75) is 185 Å². The molecule has 5 N–H and O–H groups in total. The van der Waals surface area contributed by atoms with E-state index in [1.165, 1.54) is 7.11 Å². The highest BCUT2D eigenvalue weighted by atomic mass is 16.7. The third-order valence-electron chi connectivity index (χ3n) is 12.1. The monoisotopic (exact) mass is 754 g/mol. The van der Waals surface area contributed by atoms with Gasteiger partial charge in [-0.05, 0) is 94.8 Å². The molecule has 0 unspecified atom stereocenters. The molecule has 52 heavy (non-hydrogen) atoms. The predicted molar refractivity (Wildman–Crippen MR) is 194 cm³/mol. The molecule has 0 saturated carbocycles. The van der Waals surface area contributed by atoms with Crippen molar-refractivity contribution < 1.29 is 58.8 Å². The van der Waals surface area contributed by atoms with Gasteiger partial charge >= 0.3 is 5.97 Å². The fourth-order valence-electron chi connectivity index (χ4n) is 8.64. The van der Waals surface area contributed by atoms with Crippen LogP contribution >= 0.6 is 0 Å². The highest BCUT2D eigenvalue weighted by Crippen LogP contribution is 2.40. The van der Waals surface area contributed by atoms with Crippen LogP contribution in [-0.2, 0) is 33.2 Å². The Balaban J connectivity index is 2.27. The van der Waals surface area contributed by atoms with Crippen LogP contribution in [0.5, 0.6) is 0 Å². The Kier molecular flexibility index (Phi) is 13.0. The molecule has 18 atom stereocenters. The van der Waals surface area contributed by atoms with Gasteiger partial charge in [-0.1, -0.05) is 20.8 Å². The molecule has 0 aliphatic carbocycles. The molecule has 3 aliphatic heterocycles. The van der Waals surface area contributed by atoms with Crippen molar-refractivity contribution in [1.82, 2.24) is 9.80 Å². The second-order valence-corrected chi connectivity index (χ2v) is 17.0. The largest absolute Gasteiger partial charge is 0.459 e. The van der Waals surface area contributed by atoms with Crippen LogP contribution in [0.15, 0.2) is 0 Å². The summed E-state index contributed by atoms with van der Waals surface area (Å²) in [7, 11) is 7.19. The van der Waals surface area contributed by atoms with Gasteiger partial charge in [-0.3, -0.25) is 4.79 Å². The van der Waals surface area contributed by atoms with Gasteiger partial charge in [0.05, 0.1) is 41.5 Å². The topological polar surface area (TPSA) is 180 Å². The van der Waals surface area contributed by atoms with E-state index < -0.39 is 96.0 Å². The minimum atomic E-state index is -1.56. The van der Waals surface area contributed by atoms with E-state index in [9.17, 15) is 4.79 Å². The molecule has 3 aliphatic rings. The van der Waals surface area contributed by atoms with E-state index in [0.717, 1.165) is 0 Å². The van der Waals surface area contributed by atoms with E-state index in [-0.39, 0.29) is 37.3 Å². The second-order valence-electron chi connectivity index (χ2n) is 17.0. The summed E-state index contributed by atoms with van der Waals surface area (Å²) in [6.07, 6.45) is -7.42. The lowest BCUT2D eigenvalue weighted by atomic mass is 9.77. The zero-order chi connectivity index (χ0) is 43.2. The van der Waals surface area contributed by atoms with Crippen molar-refractivity contribution in [3.63, 3.8) is 0 Å². The lowest BCUT2D eigenvalue weighted by molar-refractivity contribution is -0.318. The van der Waals surface area contributed by atoms with Crippen LogP contribution in [0.4, 0.5) is 0 Å². The van der Waals surface area contributed by atoms with E-state index in [1.807, 2.05) is 58.6 Å². The minimum absolute atomic E-state index is 0.134. The summed E-state index contributed by atoms with van der Waals surface area (Å²) < 4.78 is 79.3. The minimum Gasteiger partial charge on any atom is -0.459 e. The predicted octanol–water partition coefficient (Wildman–Crippen LogP) is 1.90. The lowest BCUT2D eigenvalue weighted by Crippen LogP contribution is -2.60. The molecule has 0 aromatic carbocycles. The number of carbonyl (C=O) groups is 1. The molecule has 0 amide bonds. The first-order valence-corrected chi connectivity index (χ1v) is 19.0. The third-order valence-corrected chi connectivity index (χ3v) is 12.1. The van der Waals surface area contributed by atoms with Crippen molar-refractivity contribution in [2.24, 2.45) is 17.8 Å².